The number of phenolic OH excluding ortho intramolecular Hbond substituents is 1. The maximum atomic E-state index is 16.9. The van der Waals surface area contributed by atoms with Crippen LogP contribution in [0.15, 0.2) is 36.4 Å². The molecule has 44 heavy (non-hydrogen) atoms. The molecule has 1 aromatic heterocycles. The Morgan fingerprint density at radius 1 is 1.11 bits per heavy atom. The van der Waals surface area contributed by atoms with Gasteiger partial charge in [0.2, 0.25) is 0 Å². The summed E-state index contributed by atoms with van der Waals surface area (Å²) in [6.45, 7) is 3.98. The quantitative estimate of drug-likeness (QED) is 0.250. The first-order valence-corrected chi connectivity index (χ1v) is 16.2. The zero-order valence-electron chi connectivity index (χ0n) is 24.1. The normalized spacial score (nSPS) is 26.9. The summed E-state index contributed by atoms with van der Waals surface area (Å²) in [5.74, 6) is 0.481. The van der Waals surface area contributed by atoms with Crippen LogP contribution >= 0.6 is 23.2 Å². The largest absolute Gasteiger partial charge is 0.508 e. The van der Waals surface area contributed by atoms with E-state index in [1.807, 2.05) is 0 Å². The van der Waals surface area contributed by atoms with Crippen molar-refractivity contribution in [2.75, 3.05) is 44.2 Å². The van der Waals surface area contributed by atoms with Crippen LogP contribution in [0, 0.1) is 11.7 Å². The fraction of sp³-hybridized carbons (Fsp3) is 0.455. The van der Waals surface area contributed by atoms with Crippen molar-refractivity contribution >= 4 is 50.7 Å². The molecule has 4 aliphatic heterocycles. The molecule has 0 saturated carbocycles. The van der Waals surface area contributed by atoms with E-state index in [9.17, 15) is 9.50 Å². The monoisotopic (exact) mass is 639 g/mol. The van der Waals surface area contributed by atoms with Crippen LogP contribution < -0.4 is 15.0 Å². The zero-order valence-corrected chi connectivity index (χ0v) is 25.6. The number of aromatic hydroxyl groups is 1. The number of anilines is 1. The van der Waals surface area contributed by atoms with E-state index in [0.29, 0.717) is 57.5 Å². The van der Waals surface area contributed by atoms with E-state index in [1.54, 1.807) is 30.3 Å². The third-order valence-electron chi connectivity index (χ3n) is 10.1. The van der Waals surface area contributed by atoms with Crippen molar-refractivity contribution in [3.05, 3.63) is 52.3 Å². The Morgan fingerprint density at radius 3 is 2.89 bits per heavy atom. The molecule has 0 amide bonds. The van der Waals surface area contributed by atoms with E-state index in [0.717, 1.165) is 51.9 Å². The first-order valence-electron chi connectivity index (χ1n) is 15.4. The van der Waals surface area contributed by atoms with Crippen LogP contribution in [0.5, 0.6) is 11.8 Å². The highest BCUT2D eigenvalue weighted by atomic mass is 35.5. The number of fused-ring (bicyclic) bond motifs is 5. The Hall–Kier alpha value is -2.98. The van der Waals surface area contributed by atoms with E-state index >= 15 is 4.39 Å². The average Bonchev–Trinajstić information content (AvgIpc) is 3.62. The molecule has 2 unspecified atom stereocenters. The summed E-state index contributed by atoms with van der Waals surface area (Å²) in [7, 11) is 0. The highest BCUT2D eigenvalue weighted by Gasteiger charge is 2.49. The first-order chi connectivity index (χ1) is 21.3. The number of hydrogen-bond donors (Lipinski definition) is 2. The van der Waals surface area contributed by atoms with Gasteiger partial charge in [-0.2, -0.15) is 9.97 Å². The van der Waals surface area contributed by atoms with E-state index in [2.05, 4.69) is 20.1 Å². The Balaban J connectivity index is 1.28. The Kier molecular flexibility index (Phi) is 7.01. The molecular weight excluding hydrogens is 607 g/mol. The zero-order chi connectivity index (χ0) is 30.2. The van der Waals surface area contributed by atoms with Crippen molar-refractivity contribution in [1.29, 1.82) is 0 Å². The maximum Gasteiger partial charge on any atom is 0.319 e. The van der Waals surface area contributed by atoms with E-state index in [1.165, 1.54) is 6.07 Å². The fourth-order valence-electron chi connectivity index (χ4n) is 8.07. The molecule has 0 spiro atoms. The molecule has 7 nitrogen and oxygen atoms in total. The van der Waals surface area contributed by atoms with Crippen LogP contribution in [0.25, 0.3) is 32.8 Å². The molecule has 230 valence electrons. The number of alkyl halides is 1. The van der Waals surface area contributed by atoms with Crippen molar-refractivity contribution in [2.45, 2.75) is 49.9 Å². The summed E-state index contributed by atoms with van der Waals surface area (Å²) in [6, 6.07) is 10.4. The first kappa shape index (κ1) is 28.5. The predicted molar refractivity (Wildman–Crippen MR) is 169 cm³/mol. The molecule has 2 bridgehead atoms. The van der Waals surface area contributed by atoms with Crippen molar-refractivity contribution in [1.82, 2.24) is 20.2 Å². The molecular formula is C33H33Cl2F2N5O2. The maximum absolute atomic E-state index is 16.9. The average molecular weight is 641 g/mol. The van der Waals surface area contributed by atoms with Crippen molar-refractivity contribution in [3.8, 4) is 22.9 Å². The van der Waals surface area contributed by atoms with Crippen molar-refractivity contribution in [3.63, 3.8) is 0 Å². The molecule has 3 aromatic carbocycles. The lowest BCUT2D eigenvalue weighted by Crippen LogP contribution is -2.43. The number of ether oxygens (including phenoxy) is 1. The van der Waals surface area contributed by atoms with Gasteiger partial charge in [0.05, 0.1) is 10.6 Å². The Bertz CT molecular complexity index is 1790. The SMILES string of the molecule is Oc1cc(-c2c(Cl)cc3c(N4CCC5CNC(C5)C4)nc(OC[C@@]45CCCN4C[C@H](F)C5)nc3c2F)c2c(Cl)cccc2c1. The molecule has 4 aliphatic rings. The fourth-order valence-corrected chi connectivity index (χ4v) is 8.65. The van der Waals surface area contributed by atoms with E-state index in [4.69, 9.17) is 32.9 Å². The summed E-state index contributed by atoms with van der Waals surface area (Å²) in [5.41, 5.74) is 0.141. The summed E-state index contributed by atoms with van der Waals surface area (Å²) in [4.78, 5) is 13.8. The Labute approximate surface area is 264 Å². The van der Waals surface area contributed by atoms with E-state index in [-0.39, 0.29) is 34.5 Å². The highest BCUT2D eigenvalue weighted by molar-refractivity contribution is 6.38. The third-order valence-corrected chi connectivity index (χ3v) is 10.7. The van der Waals surface area contributed by atoms with E-state index < -0.39 is 17.5 Å². The van der Waals surface area contributed by atoms with Gasteiger partial charge in [-0.3, -0.25) is 4.90 Å². The van der Waals surface area contributed by atoms with Crippen LogP contribution in [0.1, 0.15) is 32.1 Å². The summed E-state index contributed by atoms with van der Waals surface area (Å²) >= 11 is 13.5. The molecule has 4 aromatic rings. The second-order valence-electron chi connectivity index (χ2n) is 12.9. The smallest absolute Gasteiger partial charge is 0.319 e. The number of hydrogen-bond acceptors (Lipinski definition) is 7. The molecule has 4 atom stereocenters. The lowest BCUT2D eigenvalue weighted by Gasteiger charge is -2.31. The minimum Gasteiger partial charge on any atom is -0.508 e. The molecule has 2 N–H and O–H groups in total. The van der Waals surface area contributed by atoms with Gasteiger partial charge in [-0.1, -0.05) is 35.3 Å². The van der Waals surface area contributed by atoms with Gasteiger partial charge in [-0.25, -0.2) is 8.78 Å². The topological polar surface area (TPSA) is 73.8 Å². The summed E-state index contributed by atoms with van der Waals surface area (Å²) in [6.07, 6.45) is 3.43. The number of phenols is 1. The number of halogens is 4. The third kappa shape index (κ3) is 4.75. The van der Waals surface area contributed by atoms with Crippen LogP contribution in [0.2, 0.25) is 10.0 Å². The van der Waals surface area contributed by atoms with Gasteiger partial charge in [0.25, 0.3) is 0 Å². The van der Waals surface area contributed by atoms with Gasteiger partial charge in [0.1, 0.15) is 29.9 Å². The van der Waals surface area contributed by atoms with Crippen LogP contribution in [0.3, 0.4) is 0 Å². The summed E-state index contributed by atoms with van der Waals surface area (Å²) < 4.78 is 37.7. The number of nitrogens with zero attached hydrogens (tertiary/aromatic N) is 4. The second-order valence-corrected chi connectivity index (χ2v) is 13.7. The van der Waals surface area contributed by atoms with Gasteiger partial charge in [0, 0.05) is 53.5 Å². The molecule has 0 radical (unpaired) electrons. The molecule has 11 heteroatoms. The van der Waals surface area contributed by atoms with Crippen LogP contribution in [-0.4, -0.2) is 77.1 Å². The molecule has 0 aliphatic carbocycles. The standard InChI is InChI=1S/C33H33Cl2F2N5O2/c34-25-4-1-3-19-10-22(43)11-23(27(19)25)28-26(35)12-24-30(29(28)37)39-32(44-17-33-6-2-7-42(33)15-20(36)13-33)40-31(24)41-8-5-18-9-21(16-41)38-14-18/h1,3-4,10-12,18,20-21,38,43H,2,5-9,13-17H2/t18?,20-,21?,33+/m1/s1. The van der Waals surface area contributed by atoms with Gasteiger partial charge in [0.15, 0.2) is 5.82 Å². The molecule has 4 fully saturated rings. The van der Waals surface area contributed by atoms with Crippen molar-refractivity contribution in [2.24, 2.45) is 5.92 Å². The minimum atomic E-state index is -0.891. The summed E-state index contributed by atoms with van der Waals surface area (Å²) in [5, 5.41) is 16.5. The number of rotatable bonds is 5. The van der Waals surface area contributed by atoms with Crippen molar-refractivity contribution < 1.29 is 18.6 Å². The minimum absolute atomic E-state index is 0.0343. The Morgan fingerprint density at radius 2 is 2.00 bits per heavy atom. The van der Waals surface area contributed by atoms with Crippen LogP contribution in [-0.2, 0) is 0 Å². The van der Waals surface area contributed by atoms with Gasteiger partial charge in [-0.15, -0.1) is 0 Å². The molecule has 4 saturated heterocycles. The van der Waals surface area contributed by atoms with Gasteiger partial charge < -0.3 is 20.1 Å². The molecule has 5 heterocycles. The van der Waals surface area contributed by atoms with Gasteiger partial charge >= 0.3 is 6.01 Å². The highest BCUT2D eigenvalue weighted by Crippen LogP contribution is 2.45. The number of nitrogens with one attached hydrogen (secondary N) is 1. The molecule has 8 rings (SSSR count). The lowest BCUT2D eigenvalue weighted by atomic mass is 9.95. The second kappa shape index (κ2) is 10.8. The number of aromatic nitrogens is 2. The number of benzene rings is 3. The van der Waals surface area contributed by atoms with Crippen LogP contribution in [0.4, 0.5) is 14.6 Å². The van der Waals surface area contributed by atoms with Gasteiger partial charge in [-0.05, 0) is 79.9 Å². The lowest BCUT2D eigenvalue weighted by molar-refractivity contribution is 0.107. The predicted octanol–water partition coefficient (Wildman–Crippen LogP) is 6.74.